The van der Waals surface area contributed by atoms with E-state index in [1.807, 2.05) is 0 Å². The second-order valence-corrected chi connectivity index (χ2v) is 3.84. The third kappa shape index (κ3) is 2.21. The van der Waals surface area contributed by atoms with Gasteiger partial charge in [0.25, 0.3) is 5.91 Å². The molecule has 3 N–H and O–H groups in total. The van der Waals surface area contributed by atoms with Crippen LogP contribution in [0, 0.1) is 0 Å². The van der Waals surface area contributed by atoms with Gasteiger partial charge in [0, 0.05) is 17.7 Å². The highest BCUT2D eigenvalue weighted by Crippen LogP contribution is 2.22. The average Bonchev–Trinajstić information content (AvgIpc) is 2.09. The number of hydrogen-bond acceptors (Lipinski definition) is 3. The minimum absolute atomic E-state index is 0.103. The fraction of sp³-hybridized carbons (Fsp3) is 0.364. The first-order valence-corrected chi connectivity index (χ1v) is 4.99. The van der Waals surface area contributed by atoms with Crippen LogP contribution >= 0.6 is 0 Å². The molecule has 1 aliphatic rings. The molecule has 0 bridgehead atoms. The number of rotatable bonds is 2. The van der Waals surface area contributed by atoms with Gasteiger partial charge in [-0.3, -0.25) is 4.79 Å². The summed E-state index contributed by atoms with van der Waals surface area (Å²) in [5, 5.41) is 21.2. The van der Waals surface area contributed by atoms with Crippen molar-refractivity contribution in [3.63, 3.8) is 0 Å². The van der Waals surface area contributed by atoms with Crippen molar-refractivity contribution in [2.24, 2.45) is 0 Å². The molecule has 0 heterocycles. The number of benzene rings is 1. The van der Waals surface area contributed by atoms with E-state index in [1.54, 1.807) is 0 Å². The predicted octanol–water partition coefficient (Wildman–Crippen LogP) is 1.38. The lowest BCUT2D eigenvalue weighted by atomic mass is 9.93. The maximum Gasteiger partial charge on any atom is 0.251 e. The molecular weight excluding hydrogens is 194 g/mol. The van der Waals surface area contributed by atoms with E-state index in [2.05, 4.69) is 5.32 Å². The second kappa shape index (κ2) is 3.81. The first-order chi connectivity index (χ1) is 7.15. The number of nitrogens with one attached hydrogen (secondary N) is 1. The smallest absolute Gasteiger partial charge is 0.251 e. The summed E-state index contributed by atoms with van der Waals surface area (Å²) in [7, 11) is 0. The molecule has 0 atom stereocenters. The van der Waals surface area contributed by atoms with Gasteiger partial charge in [0.2, 0.25) is 0 Å². The van der Waals surface area contributed by atoms with Crippen LogP contribution in [0.25, 0.3) is 0 Å². The summed E-state index contributed by atoms with van der Waals surface area (Å²) in [5.74, 6) is -0.451. The molecule has 0 unspecified atom stereocenters. The van der Waals surface area contributed by atoms with Crippen LogP contribution in [0.3, 0.4) is 0 Å². The molecular formula is C11H13NO3. The molecule has 0 radical (unpaired) electrons. The minimum atomic E-state index is -0.245. The highest BCUT2D eigenvalue weighted by atomic mass is 16.3. The lowest BCUT2D eigenvalue weighted by Crippen LogP contribution is -2.39. The van der Waals surface area contributed by atoms with E-state index in [1.165, 1.54) is 18.2 Å². The molecule has 80 valence electrons. The molecule has 0 aliphatic heterocycles. The largest absolute Gasteiger partial charge is 0.508 e. The van der Waals surface area contributed by atoms with E-state index in [-0.39, 0.29) is 23.4 Å². The third-order valence-electron chi connectivity index (χ3n) is 2.61. The molecule has 1 aromatic carbocycles. The Labute approximate surface area is 87.6 Å². The SMILES string of the molecule is O=C(NC1CCC1)c1cc(O)cc(O)c1. The molecule has 15 heavy (non-hydrogen) atoms. The molecule has 0 saturated heterocycles. The van der Waals surface area contributed by atoms with Crippen molar-refractivity contribution >= 4 is 5.91 Å². The molecule has 4 heteroatoms. The number of hydrogen-bond donors (Lipinski definition) is 3. The maximum atomic E-state index is 11.6. The van der Waals surface area contributed by atoms with Gasteiger partial charge in [-0.1, -0.05) is 0 Å². The fourth-order valence-electron chi connectivity index (χ4n) is 1.55. The number of phenolic OH excluding ortho intramolecular Hbond substituents is 2. The van der Waals surface area contributed by atoms with Gasteiger partial charge in [0.15, 0.2) is 0 Å². The van der Waals surface area contributed by atoms with Crippen LogP contribution in [0.2, 0.25) is 0 Å². The molecule has 1 aliphatic carbocycles. The van der Waals surface area contributed by atoms with Crippen LogP contribution in [0.15, 0.2) is 18.2 Å². The summed E-state index contributed by atoms with van der Waals surface area (Å²) in [6.07, 6.45) is 3.17. The van der Waals surface area contributed by atoms with Gasteiger partial charge in [-0.25, -0.2) is 0 Å². The Bertz CT molecular complexity index is 365. The van der Waals surface area contributed by atoms with Crippen LogP contribution < -0.4 is 5.32 Å². The molecule has 1 amide bonds. The predicted molar refractivity (Wildman–Crippen MR) is 54.9 cm³/mol. The van der Waals surface area contributed by atoms with Crippen molar-refractivity contribution in [3.05, 3.63) is 23.8 Å². The quantitative estimate of drug-likeness (QED) is 0.686. The maximum absolute atomic E-state index is 11.6. The van der Waals surface area contributed by atoms with Crippen LogP contribution in [-0.2, 0) is 0 Å². The van der Waals surface area contributed by atoms with E-state index >= 15 is 0 Å². The third-order valence-corrected chi connectivity index (χ3v) is 2.61. The van der Waals surface area contributed by atoms with Crippen LogP contribution in [0.4, 0.5) is 0 Å². The van der Waals surface area contributed by atoms with Crippen molar-refractivity contribution in [1.29, 1.82) is 0 Å². The van der Waals surface area contributed by atoms with Gasteiger partial charge in [-0.05, 0) is 31.4 Å². The van der Waals surface area contributed by atoms with Crippen LogP contribution in [0.1, 0.15) is 29.6 Å². The molecule has 2 rings (SSSR count). The number of carbonyl (C=O) groups is 1. The van der Waals surface area contributed by atoms with Gasteiger partial charge >= 0.3 is 0 Å². The van der Waals surface area contributed by atoms with E-state index in [9.17, 15) is 15.0 Å². The molecule has 0 spiro atoms. The zero-order valence-electron chi connectivity index (χ0n) is 8.23. The van der Waals surface area contributed by atoms with Crippen molar-refractivity contribution < 1.29 is 15.0 Å². The number of amides is 1. The summed E-state index contributed by atoms with van der Waals surface area (Å²) < 4.78 is 0. The summed E-state index contributed by atoms with van der Waals surface area (Å²) in [6.45, 7) is 0. The second-order valence-electron chi connectivity index (χ2n) is 3.84. The van der Waals surface area contributed by atoms with Crippen LogP contribution in [-0.4, -0.2) is 22.2 Å². The van der Waals surface area contributed by atoms with Crippen molar-refractivity contribution in [2.75, 3.05) is 0 Å². The average molecular weight is 207 g/mol. The van der Waals surface area contributed by atoms with Gasteiger partial charge in [0.1, 0.15) is 11.5 Å². The Morgan fingerprint density at radius 2 is 1.80 bits per heavy atom. The van der Waals surface area contributed by atoms with Crippen molar-refractivity contribution in [2.45, 2.75) is 25.3 Å². The van der Waals surface area contributed by atoms with Gasteiger partial charge < -0.3 is 15.5 Å². The minimum Gasteiger partial charge on any atom is -0.508 e. The molecule has 1 saturated carbocycles. The Hall–Kier alpha value is -1.71. The summed E-state index contributed by atoms with van der Waals surface area (Å²) in [6, 6.07) is 4.13. The normalized spacial score (nSPS) is 15.7. The highest BCUT2D eigenvalue weighted by Gasteiger charge is 2.20. The van der Waals surface area contributed by atoms with E-state index in [4.69, 9.17) is 0 Å². The topological polar surface area (TPSA) is 69.6 Å². The van der Waals surface area contributed by atoms with Gasteiger partial charge in [-0.2, -0.15) is 0 Å². The lowest BCUT2D eigenvalue weighted by molar-refractivity contribution is 0.0916. The van der Waals surface area contributed by atoms with Crippen molar-refractivity contribution in [3.8, 4) is 11.5 Å². The monoisotopic (exact) mass is 207 g/mol. The summed E-state index contributed by atoms with van der Waals surface area (Å²) in [5.41, 5.74) is 0.291. The van der Waals surface area contributed by atoms with Gasteiger partial charge in [0.05, 0.1) is 0 Å². The molecule has 1 aromatic rings. The Balaban J connectivity index is 2.10. The zero-order chi connectivity index (χ0) is 10.8. The lowest BCUT2D eigenvalue weighted by Gasteiger charge is -2.26. The summed E-state index contributed by atoms with van der Waals surface area (Å²) >= 11 is 0. The Morgan fingerprint density at radius 1 is 1.20 bits per heavy atom. The van der Waals surface area contributed by atoms with E-state index < -0.39 is 0 Å². The Morgan fingerprint density at radius 3 is 2.27 bits per heavy atom. The van der Waals surface area contributed by atoms with E-state index in [0.29, 0.717) is 5.56 Å². The first-order valence-electron chi connectivity index (χ1n) is 4.99. The van der Waals surface area contributed by atoms with Gasteiger partial charge in [-0.15, -0.1) is 0 Å². The molecule has 0 aromatic heterocycles. The first kappa shape index (κ1) is 9.83. The van der Waals surface area contributed by atoms with Crippen LogP contribution in [0.5, 0.6) is 11.5 Å². The number of phenols is 2. The molecule has 4 nitrogen and oxygen atoms in total. The zero-order valence-corrected chi connectivity index (χ0v) is 8.23. The van der Waals surface area contributed by atoms with E-state index in [0.717, 1.165) is 19.3 Å². The number of carbonyl (C=O) groups excluding carboxylic acids is 1. The van der Waals surface area contributed by atoms with Crippen molar-refractivity contribution in [1.82, 2.24) is 5.32 Å². The number of aromatic hydroxyl groups is 2. The Kier molecular flexibility index (Phi) is 2.49. The highest BCUT2D eigenvalue weighted by molar-refractivity contribution is 5.95. The molecule has 1 fully saturated rings. The summed E-state index contributed by atoms with van der Waals surface area (Å²) in [4.78, 5) is 11.6. The standard InChI is InChI=1S/C11H13NO3/c13-9-4-7(5-10(14)6-9)11(15)12-8-2-1-3-8/h4-6,8,13-14H,1-3H2,(H,12,15). The fourth-order valence-corrected chi connectivity index (χ4v) is 1.55.